The maximum absolute atomic E-state index is 9.63. The van der Waals surface area contributed by atoms with Crippen LogP contribution in [0.1, 0.15) is 17.5 Å². The van der Waals surface area contributed by atoms with Gasteiger partial charge < -0.3 is 15.6 Å². The number of hydrogen-bond donors (Lipinski definition) is 2. The molecule has 8 heteroatoms. The number of aliphatic hydroxyl groups excluding tert-OH is 1. The van der Waals surface area contributed by atoms with Crippen LogP contribution in [0.4, 0.5) is 5.82 Å². The van der Waals surface area contributed by atoms with Gasteiger partial charge in [0, 0.05) is 17.7 Å². The van der Waals surface area contributed by atoms with E-state index in [1.165, 1.54) is 11.8 Å². The van der Waals surface area contributed by atoms with Gasteiger partial charge in [0.1, 0.15) is 40.9 Å². The van der Waals surface area contributed by atoms with Crippen molar-refractivity contribution in [3.63, 3.8) is 0 Å². The SMILES string of the molecule is N#CCCSc1nc(N)c(C#N)c(-c2ccc(OCCO)cc2)c1C#N. The van der Waals surface area contributed by atoms with Crippen LogP contribution in [-0.2, 0) is 0 Å². The van der Waals surface area contributed by atoms with Gasteiger partial charge in [-0.05, 0) is 17.7 Å². The molecule has 0 aliphatic carbocycles. The fourth-order valence-electron chi connectivity index (χ4n) is 2.27. The molecular formula is C18H15N5O2S. The molecule has 0 unspecified atom stereocenters. The van der Waals surface area contributed by atoms with Gasteiger partial charge in [0.15, 0.2) is 0 Å². The summed E-state index contributed by atoms with van der Waals surface area (Å²) in [5.41, 5.74) is 7.35. The van der Waals surface area contributed by atoms with E-state index in [4.69, 9.17) is 20.8 Å². The van der Waals surface area contributed by atoms with E-state index in [0.29, 0.717) is 34.1 Å². The Morgan fingerprint density at radius 1 is 1.12 bits per heavy atom. The van der Waals surface area contributed by atoms with Crippen molar-refractivity contribution in [3.05, 3.63) is 35.4 Å². The number of nitriles is 3. The van der Waals surface area contributed by atoms with Crippen molar-refractivity contribution in [2.75, 3.05) is 24.7 Å². The molecule has 0 saturated carbocycles. The molecule has 0 aliphatic heterocycles. The van der Waals surface area contributed by atoms with Crippen molar-refractivity contribution in [2.24, 2.45) is 0 Å². The van der Waals surface area contributed by atoms with Crippen LogP contribution < -0.4 is 10.5 Å². The Kier molecular flexibility index (Phi) is 6.82. The zero-order valence-electron chi connectivity index (χ0n) is 13.8. The lowest BCUT2D eigenvalue weighted by Gasteiger charge is -2.13. The van der Waals surface area contributed by atoms with Gasteiger partial charge in [0.25, 0.3) is 0 Å². The number of hydrogen-bond acceptors (Lipinski definition) is 8. The maximum Gasteiger partial charge on any atom is 0.143 e. The molecule has 0 atom stereocenters. The molecule has 0 amide bonds. The number of aliphatic hydroxyl groups is 1. The molecular weight excluding hydrogens is 350 g/mol. The van der Waals surface area contributed by atoms with Gasteiger partial charge in [0.05, 0.1) is 18.2 Å². The van der Waals surface area contributed by atoms with Crippen LogP contribution in [0, 0.1) is 34.0 Å². The number of ether oxygens (including phenoxy) is 1. The highest BCUT2D eigenvalue weighted by molar-refractivity contribution is 7.99. The Balaban J connectivity index is 2.53. The van der Waals surface area contributed by atoms with E-state index in [1.807, 2.05) is 12.1 Å². The third-order valence-electron chi connectivity index (χ3n) is 3.37. The number of nitrogen functional groups attached to an aromatic ring is 1. The predicted molar refractivity (Wildman–Crippen MR) is 97.1 cm³/mol. The van der Waals surface area contributed by atoms with Crippen molar-refractivity contribution in [1.29, 1.82) is 15.8 Å². The summed E-state index contributed by atoms with van der Waals surface area (Å²) in [6.45, 7) is 0.0806. The number of anilines is 1. The molecule has 7 nitrogen and oxygen atoms in total. The molecule has 0 aliphatic rings. The third-order valence-corrected chi connectivity index (χ3v) is 4.35. The van der Waals surface area contributed by atoms with Gasteiger partial charge in [-0.3, -0.25) is 0 Å². The van der Waals surface area contributed by atoms with Crippen LogP contribution in [0.5, 0.6) is 5.75 Å². The first-order valence-electron chi connectivity index (χ1n) is 7.63. The number of nitrogens with two attached hydrogens (primary N) is 1. The summed E-state index contributed by atoms with van der Waals surface area (Å²) in [4.78, 5) is 4.16. The maximum atomic E-state index is 9.63. The van der Waals surface area contributed by atoms with Gasteiger partial charge in [-0.25, -0.2) is 4.98 Å². The summed E-state index contributed by atoms with van der Waals surface area (Å²) in [6, 6.07) is 13.0. The Bertz CT molecular complexity index is 908. The van der Waals surface area contributed by atoms with E-state index in [1.54, 1.807) is 24.3 Å². The fourth-order valence-corrected chi connectivity index (χ4v) is 3.11. The van der Waals surface area contributed by atoms with E-state index in [9.17, 15) is 10.5 Å². The molecule has 0 fully saturated rings. The van der Waals surface area contributed by atoms with E-state index < -0.39 is 0 Å². The van der Waals surface area contributed by atoms with E-state index in [0.717, 1.165) is 0 Å². The van der Waals surface area contributed by atoms with Gasteiger partial charge >= 0.3 is 0 Å². The molecule has 3 N–H and O–H groups in total. The molecule has 0 radical (unpaired) electrons. The lowest BCUT2D eigenvalue weighted by atomic mass is 9.97. The Morgan fingerprint density at radius 3 is 2.38 bits per heavy atom. The largest absolute Gasteiger partial charge is 0.491 e. The monoisotopic (exact) mass is 365 g/mol. The quantitative estimate of drug-likeness (QED) is 0.563. The highest BCUT2D eigenvalue weighted by atomic mass is 32.2. The average molecular weight is 365 g/mol. The summed E-state index contributed by atoms with van der Waals surface area (Å²) in [7, 11) is 0. The van der Waals surface area contributed by atoms with Crippen molar-refractivity contribution in [1.82, 2.24) is 4.98 Å². The van der Waals surface area contributed by atoms with Crippen molar-refractivity contribution in [2.45, 2.75) is 11.4 Å². The molecule has 1 aromatic carbocycles. The van der Waals surface area contributed by atoms with E-state index in [-0.39, 0.29) is 30.2 Å². The highest BCUT2D eigenvalue weighted by Crippen LogP contribution is 2.36. The number of benzene rings is 1. The lowest BCUT2D eigenvalue weighted by Crippen LogP contribution is -2.04. The lowest BCUT2D eigenvalue weighted by molar-refractivity contribution is 0.201. The summed E-state index contributed by atoms with van der Waals surface area (Å²) >= 11 is 1.25. The van der Waals surface area contributed by atoms with Crippen molar-refractivity contribution >= 4 is 17.6 Å². The number of aromatic nitrogens is 1. The molecule has 2 rings (SSSR count). The van der Waals surface area contributed by atoms with Gasteiger partial charge in [-0.2, -0.15) is 15.8 Å². The number of rotatable bonds is 7. The molecule has 0 saturated heterocycles. The van der Waals surface area contributed by atoms with Crippen molar-refractivity contribution in [3.8, 4) is 35.1 Å². The van der Waals surface area contributed by atoms with Crippen LogP contribution in [0.3, 0.4) is 0 Å². The summed E-state index contributed by atoms with van der Waals surface area (Å²) in [5.74, 6) is 1.07. The normalized spacial score (nSPS) is 9.77. The smallest absolute Gasteiger partial charge is 0.143 e. The Hall–Kier alpha value is -3.25. The summed E-state index contributed by atoms with van der Waals surface area (Å²) < 4.78 is 5.32. The zero-order chi connectivity index (χ0) is 18.9. The predicted octanol–water partition coefficient (Wildman–Crippen LogP) is 2.45. The van der Waals surface area contributed by atoms with Crippen molar-refractivity contribution < 1.29 is 9.84 Å². The van der Waals surface area contributed by atoms with Crippen LogP contribution in [0.2, 0.25) is 0 Å². The van der Waals surface area contributed by atoms with E-state index in [2.05, 4.69) is 11.1 Å². The Labute approximate surface area is 155 Å². The van der Waals surface area contributed by atoms with Crippen LogP contribution in [0.15, 0.2) is 29.3 Å². The Morgan fingerprint density at radius 2 is 1.81 bits per heavy atom. The van der Waals surface area contributed by atoms with Gasteiger partial charge in [-0.15, -0.1) is 11.8 Å². The third kappa shape index (κ3) is 4.23. The fraction of sp³-hybridized carbons (Fsp3) is 0.222. The second-order valence-electron chi connectivity index (χ2n) is 5.00. The van der Waals surface area contributed by atoms with Crippen LogP contribution in [-0.4, -0.2) is 29.1 Å². The minimum atomic E-state index is -0.0942. The topological polar surface area (TPSA) is 140 Å². The number of nitrogens with zero attached hydrogens (tertiary/aromatic N) is 4. The summed E-state index contributed by atoms with van der Waals surface area (Å²) in [5, 5.41) is 37.0. The molecule has 0 spiro atoms. The number of pyridine rings is 1. The molecule has 1 aromatic heterocycles. The van der Waals surface area contributed by atoms with Gasteiger partial charge in [-0.1, -0.05) is 12.1 Å². The van der Waals surface area contributed by atoms with Crippen LogP contribution >= 0.6 is 11.8 Å². The minimum absolute atomic E-state index is 0.0431. The standard InChI is InChI=1S/C18H15N5O2S/c19-6-1-9-26-18-15(11-21)16(14(10-20)17(22)23-18)12-2-4-13(5-3-12)25-8-7-24/h2-5,24H,1,7-9H2,(H2,22,23). The first kappa shape index (κ1) is 19.1. The second-order valence-corrected chi connectivity index (χ2v) is 6.09. The first-order valence-corrected chi connectivity index (χ1v) is 8.62. The van der Waals surface area contributed by atoms with Crippen LogP contribution in [0.25, 0.3) is 11.1 Å². The first-order chi connectivity index (χ1) is 12.7. The van der Waals surface area contributed by atoms with Gasteiger partial charge in [0.2, 0.25) is 0 Å². The minimum Gasteiger partial charge on any atom is -0.491 e. The van der Waals surface area contributed by atoms with E-state index >= 15 is 0 Å². The number of thioether (sulfide) groups is 1. The molecule has 2 aromatic rings. The summed E-state index contributed by atoms with van der Waals surface area (Å²) in [6.07, 6.45) is 0.309. The zero-order valence-corrected chi connectivity index (χ0v) is 14.6. The second kappa shape index (κ2) is 9.29. The average Bonchev–Trinajstić information content (AvgIpc) is 2.66. The molecule has 130 valence electrons. The molecule has 26 heavy (non-hydrogen) atoms. The highest BCUT2D eigenvalue weighted by Gasteiger charge is 2.20. The molecule has 1 heterocycles. The molecule has 0 bridgehead atoms.